The Kier molecular flexibility index (Phi) is 4.65. The zero-order valence-corrected chi connectivity index (χ0v) is 29.7. The summed E-state index contributed by atoms with van der Waals surface area (Å²) in [5.41, 5.74) is 11.2. The third-order valence-electron chi connectivity index (χ3n) is 13.6. The lowest BCUT2D eigenvalue weighted by molar-refractivity contribution is 0.666. The van der Waals surface area contributed by atoms with Gasteiger partial charge in [0.05, 0.1) is 0 Å². The van der Waals surface area contributed by atoms with E-state index in [1.165, 1.54) is 131 Å². The Morgan fingerprint density at radius 3 is 1.08 bits per heavy atom. The van der Waals surface area contributed by atoms with Gasteiger partial charge in [-0.05, 0) is 143 Å². The molecule has 0 saturated heterocycles. The van der Waals surface area contributed by atoms with Crippen molar-refractivity contribution in [1.29, 1.82) is 0 Å². The second-order valence-electron chi connectivity index (χ2n) is 16.8. The highest BCUT2D eigenvalue weighted by Gasteiger charge is 2.41. The Balaban J connectivity index is 1.09. The average Bonchev–Trinajstić information content (AvgIpc) is 3.55. The minimum atomic E-state index is -0.134. The molecule has 0 heteroatoms. The van der Waals surface area contributed by atoms with Gasteiger partial charge in [-0.1, -0.05) is 149 Å². The van der Waals surface area contributed by atoms with Crippen LogP contribution >= 0.6 is 0 Å². The highest BCUT2D eigenvalue weighted by atomic mass is 14.4. The summed E-state index contributed by atoms with van der Waals surface area (Å²) in [6, 6.07) is 51.8. The van der Waals surface area contributed by atoms with Crippen LogP contribution in [-0.4, -0.2) is 0 Å². The molecule has 11 aromatic rings. The van der Waals surface area contributed by atoms with E-state index in [9.17, 15) is 0 Å². The molecule has 0 unspecified atom stereocenters. The SMILES string of the molecule is CC1(C)c2cc3ccc4cccc5ccc(c2-c2ccc6c(ccc7c8c(ccc76)-c6c(cc7ccc9cccc%10ccc6c7c9%10)C8(C)C)c21)c3c45. The fraction of sp³-hybridized carbons (Fsp3) is 0.115. The van der Waals surface area contributed by atoms with Gasteiger partial charge in [0.2, 0.25) is 0 Å². The number of rotatable bonds is 0. The van der Waals surface area contributed by atoms with Crippen molar-refractivity contribution in [2.24, 2.45) is 0 Å². The zero-order chi connectivity index (χ0) is 34.4. The van der Waals surface area contributed by atoms with E-state index in [4.69, 9.17) is 0 Å². The van der Waals surface area contributed by atoms with Gasteiger partial charge in [0.25, 0.3) is 0 Å². The van der Waals surface area contributed by atoms with Gasteiger partial charge in [-0.15, -0.1) is 0 Å². The predicted molar refractivity (Wildman–Crippen MR) is 224 cm³/mol. The number of fused-ring (bicyclic) bond motifs is 13. The molecule has 0 aromatic heterocycles. The first-order chi connectivity index (χ1) is 25.3. The Labute approximate surface area is 301 Å². The zero-order valence-electron chi connectivity index (χ0n) is 29.7. The molecular formula is C52H34. The van der Waals surface area contributed by atoms with Crippen LogP contribution in [0.5, 0.6) is 0 Å². The van der Waals surface area contributed by atoms with Crippen LogP contribution in [0.4, 0.5) is 0 Å². The highest BCUT2D eigenvalue weighted by Crippen LogP contribution is 2.58. The molecule has 242 valence electrons. The topological polar surface area (TPSA) is 0 Å². The van der Waals surface area contributed by atoms with Crippen LogP contribution in [0.2, 0.25) is 0 Å². The number of hydrogen-bond acceptors (Lipinski definition) is 0. The molecule has 2 aliphatic rings. The molecule has 11 aromatic carbocycles. The lowest BCUT2D eigenvalue weighted by atomic mass is 9.77. The van der Waals surface area contributed by atoms with Crippen molar-refractivity contribution in [3.8, 4) is 22.3 Å². The second kappa shape index (κ2) is 8.72. The van der Waals surface area contributed by atoms with Crippen molar-refractivity contribution in [2.75, 3.05) is 0 Å². The molecule has 0 atom stereocenters. The Bertz CT molecular complexity index is 3180. The molecule has 0 heterocycles. The van der Waals surface area contributed by atoms with E-state index in [1.54, 1.807) is 0 Å². The van der Waals surface area contributed by atoms with E-state index in [-0.39, 0.29) is 10.8 Å². The molecule has 13 rings (SSSR count). The van der Waals surface area contributed by atoms with Crippen LogP contribution in [0.15, 0.2) is 133 Å². The standard InChI is InChI=1S/C52H34/c1-51(2)41-25-31-13-11-27-7-5-9-29-15-17-37(45(31)43(27)29)47(41)39-23-19-33-34-20-24-40-48-38-18-16-30-10-6-8-28-12-14-32(46(38)44(28)30)26-42(48)52(3,4)50(40)36(34)22-21-35(33)49(39)51/h5-26H,1-4H3. The lowest BCUT2D eigenvalue weighted by Crippen LogP contribution is -2.16. The van der Waals surface area contributed by atoms with E-state index in [1.807, 2.05) is 0 Å². The maximum Gasteiger partial charge on any atom is 0.0165 e. The van der Waals surface area contributed by atoms with Gasteiger partial charge in [-0.2, -0.15) is 0 Å². The number of benzene rings is 11. The second-order valence-corrected chi connectivity index (χ2v) is 16.8. The molecule has 52 heavy (non-hydrogen) atoms. The van der Waals surface area contributed by atoms with Crippen molar-refractivity contribution in [3.63, 3.8) is 0 Å². The van der Waals surface area contributed by atoms with Crippen LogP contribution in [-0.2, 0) is 10.8 Å². The minimum absolute atomic E-state index is 0.134. The molecule has 0 saturated carbocycles. The van der Waals surface area contributed by atoms with Gasteiger partial charge in [-0.3, -0.25) is 0 Å². The quantitative estimate of drug-likeness (QED) is 0.142. The van der Waals surface area contributed by atoms with Crippen molar-refractivity contribution in [3.05, 3.63) is 156 Å². The molecule has 0 N–H and O–H groups in total. The third-order valence-corrected chi connectivity index (χ3v) is 13.6. The van der Waals surface area contributed by atoms with Crippen molar-refractivity contribution < 1.29 is 0 Å². The molecule has 0 nitrogen and oxygen atoms in total. The van der Waals surface area contributed by atoms with Crippen LogP contribution in [0, 0.1) is 0 Å². The maximum atomic E-state index is 2.50. The molecule has 0 fully saturated rings. The van der Waals surface area contributed by atoms with Crippen LogP contribution in [0.25, 0.3) is 108 Å². The van der Waals surface area contributed by atoms with Crippen molar-refractivity contribution >= 4 is 86.2 Å². The van der Waals surface area contributed by atoms with Crippen molar-refractivity contribution in [1.82, 2.24) is 0 Å². The monoisotopic (exact) mass is 658 g/mol. The molecule has 2 aliphatic carbocycles. The third kappa shape index (κ3) is 2.99. The molecule has 0 radical (unpaired) electrons. The van der Waals surface area contributed by atoms with Gasteiger partial charge in [0.15, 0.2) is 0 Å². The Morgan fingerprint density at radius 1 is 0.308 bits per heavy atom. The summed E-state index contributed by atoms with van der Waals surface area (Å²) >= 11 is 0. The fourth-order valence-electron chi connectivity index (χ4n) is 11.4. The molecule has 0 aliphatic heterocycles. The molecular weight excluding hydrogens is 625 g/mol. The predicted octanol–water partition coefficient (Wildman–Crippen LogP) is 14.4. The van der Waals surface area contributed by atoms with Gasteiger partial charge in [-0.25, -0.2) is 0 Å². The van der Waals surface area contributed by atoms with Gasteiger partial charge < -0.3 is 0 Å². The summed E-state index contributed by atoms with van der Waals surface area (Å²) in [7, 11) is 0. The normalized spacial score (nSPS) is 15.6. The van der Waals surface area contributed by atoms with E-state index >= 15 is 0 Å². The van der Waals surface area contributed by atoms with Gasteiger partial charge in [0.1, 0.15) is 0 Å². The van der Waals surface area contributed by atoms with Crippen LogP contribution in [0.1, 0.15) is 49.9 Å². The van der Waals surface area contributed by atoms with E-state index in [0.29, 0.717) is 0 Å². The summed E-state index contributed by atoms with van der Waals surface area (Å²) in [6.07, 6.45) is 0. The average molecular weight is 659 g/mol. The Morgan fingerprint density at radius 2 is 0.654 bits per heavy atom. The highest BCUT2D eigenvalue weighted by molar-refractivity contribution is 6.29. The largest absolute Gasteiger partial charge is 0.0610 e. The summed E-state index contributed by atoms with van der Waals surface area (Å²) in [5, 5.41) is 21.8. The first-order valence-electron chi connectivity index (χ1n) is 18.8. The summed E-state index contributed by atoms with van der Waals surface area (Å²) < 4.78 is 0. The smallest absolute Gasteiger partial charge is 0.0165 e. The van der Waals surface area contributed by atoms with E-state index < -0.39 is 0 Å². The first kappa shape index (κ1) is 27.7. The van der Waals surface area contributed by atoms with Gasteiger partial charge >= 0.3 is 0 Å². The fourth-order valence-corrected chi connectivity index (χ4v) is 11.4. The minimum Gasteiger partial charge on any atom is -0.0610 e. The molecule has 0 bridgehead atoms. The van der Waals surface area contributed by atoms with Crippen LogP contribution < -0.4 is 0 Å². The van der Waals surface area contributed by atoms with Crippen molar-refractivity contribution in [2.45, 2.75) is 38.5 Å². The maximum absolute atomic E-state index is 2.50. The van der Waals surface area contributed by atoms with E-state index in [2.05, 4.69) is 161 Å². The molecule has 0 amide bonds. The first-order valence-corrected chi connectivity index (χ1v) is 18.8. The summed E-state index contributed by atoms with van der Waals surface area (Å²) in [4.78, 5) is 0. The molecule has 0 spiro atoms. The van der Waals surface area contributed by atoms with E-state index in [0.717, 1.165) is 0 Å². The lowest BCUT2D eigenvalue weighted by Gasteiger charge is -2.26. The summed E-state index contributed by atoms with van der Waals surface area (Å²) in [6.45, 7) is 9.78. The van der Waals surface area contributed by atoms with Crippen LogP contribution in [0.3, 0.4) is 0 Å². The number of hydrogen-bond donors (Lipinski definition) is 0. The van der Waals surface area contributed by atoms with Gasteiger partial charge in [0, 0.05) is 10.8 Å². The Hall–Kier alpha value is -5.98. The summed E-state index contributed by atoms with van der Waals surface area (Å²) in [5.74, 6) is 0.